The largest absolute Gasteiger partial charge is 0.497 e. The lowest BCUT2D eigenvalue weighted by Crippen LogP contribution is -2.13. The van der Waals surface area contributed by atoms with Crippen LogP contribution in [0.2, 0.25) is 0 Å². The van der Waals surface area contributed by atoms with Crippen molar-refractivity contribution in [2.24, 2.45) is 0 Å². The van der Waals surface area contributed by atoms with E-state index < -0.39 is 0 Å². The average molecular weight is 298 g/mol. The molecule has 0 aliphatic heterocycles. The molecule has 3 nitrogen and oxygen atoms in total. The quantitative estimate of drug-likeness (QED) is 0.855. The van der Waals surface area contributed by atoms with Crippen LogP contribution in [-0.4, -0.2) is 13.7 Å². The van der Waals surface area contributed by atoms with Crippen molar-refractivity contribution in [3.05, 3.63) is 28.4 Å². The highest BCUT2D eigenvalue weighted by atomic mass is 79.9. The minimum atomic E-state index is 0.820. The number of rotatable bonds is 5. The van der Waals surface area contributed by atoms with E-state index in [9.17, 15) is 0 Å². The fraction of sp³-hybridized carbons (Fsp3) is 0.385. The van der Waals surface area contributed by atoms with E-state index in [1.54, 1.807) is 13.4 Å². The van der Waals surface area contributed by atoms with E-state index in [4.69, 9.17) is 9.15 Å². The van der Waals surface area contributed by atoms with E-state index in [-0.39, 0.29) is 0 Å². The summed E-state index contributed by atoms with van der Waals surface area (Å²) in [5.74, 6) is 0.836. The van der Waals surface area contributed by atoms with Gasteiger partial charge in [0, 0.05) is 17.5 Å². The summed E-state index contributed by atoms with van der Waals surface area (Å²) in [5, 5.41) is 4.47. The van der Waals surface area contributed by atoms with Crippen molar-refractivity contribution in [1.82, 2.24) is 5.32 Å². The number of hydrogen-bond donors (Lipinski definition) is 1. The summed E-state index contributed by atoms with van der Waals surface area (Å²) in [6, 6.07) is 3.92. The summed E-state index contributed by atoms with van der Waals surface area (Å²) < 4.78 is 11.8. The summed E-state index contributed by atoms with van der Waals surface area (Å²) in [6.45, 7) is 3.98. The van der Waals surface area contributed by atoms with Crippen molar-refractivity contribution in [3.8, 4) is 5.75 Å². The second kappa shape index (κ2) is 5.56. The SMILES string of the molecule is CCCNCc1coc2c(Br)cc(OC)cc12. The van der Waals surface area contributed by atoms with E-state index in [0.29, 0.717) is 0 Å². The second-order valence-electron chi connectivity index (χ2n) is 3.92. The minimum Gasteiger partial charge on any atom is -0.497 e. The number of halogens is 1. The zero-order chi connectivity index (χ0) is 12.3. The molecule has 0 fully saturated rings. The molecular formula is C13H16BrNO2. The highest BCUT2D eigenvalue weighted by Crippen LogP contribution is 2.32. The Bertz CT molecular complexity index is 507. The molecule has 0 amide bonds. The van der Waals surface area contributed by atoms with Crippen LogP contribution in [-0.2, 0) is 6.54 Å². The van der Waals surface area contributed by atoms with Crippen molar-refractivity contribution in [1.29, 1.82) is 0 Å². The van der Waals surface area contributed by atoms with Gasteiger partial charge in [-0.05, 0) is 41.0 Å². The molecule has 0 aliphatic carbocycles. The Labute approximate surface area is 109 Å². The molecule has 92 valence electrons. The van der Waals surface area contributed by atoms with E-state index in [1.807, 2.05) is 12.1 Å². The van der Waals surface area contributed by atoms with Crippen molar-refractivity contribution < 1.29 is 9.15 Å². The fourth-order valence-electron chi connectivity index (χ4n) is 1.77. The molecule has 0 unspecified atom stereocenters. The van der Waals surface area contributed by atoms with E-state index in [1.165, 1.54) is 0 Å². The lowest BCUT2D eigenvalue weighted by atomic mass is 10.1. The van der Waals surface area contributed by atoms with Gasteiger partial charge in [0.15, 0.2) is 0 Å². The number of nitrogens with one attached hydrogen (secondary N) is 1. The second-order valence-corrected chi connectivity index (χ2v) is 4.78. The van der Waals surface area contributed by atoms with Crippen LogP contribution in [0, 0.1) is 0 Å². The maximum atomic E-state index is 5.57. The van der Waals surface area contributed by atoms with Gasteiger partial charge in [-0.2, -0.15) is 0 Å². The molecule has 0 saturated carbocycles. The summed E-state index contributed by atoms with van der Waals surface area (Å²) in [4.78, 5) is 0. The van der Waals surface area contributed by atoms with Crippen molar-refractivity contribution in [3.63, 3.8) is 0 Å². The summed E-state index contributed by atoms with van der Waals surface area (Å²) >= 11 is 3.49. The minimum absolute atomic E-state index is 0.820. The van der Waals surface area contributed by atoms with E-state index in [0.717, 1.165) is 46.3 Å². The Morgan fingerprint density at radius 2 is 2.24 bits per heavy atom. The van der Waals surface area contributed by atoms with Crippen LogP contribution in [0.25, 0.3) is 11.0 Å². The van der Waals surface area contributed by atoms with Crippen LogP contribution in [0.5, 0.6) is 5.75 Å². The Morgan fingerprint density at radius 3 is 2.94 bits per heavy atom. The molecule has 0 spiro atoms. The van der Waals surface area contributed by atoms with Crippen LogP contribution in [0.3, 0.4) is 0 Å². The number of fused-ring (bicyclic) bond motifs is 1. The van der Waals surface area contributed by atoms with E-state index >= 15 is 0 Å². The van der Waals surface area contributed by atoms with Gasteiger partial charge in [0.1, 0.15) is 11.3 Å². The molecule has 4 heteroatoms. The molecule has 0 radical (unpaired) electrons. The zero-order valence-corrected chi connectivity index (χ0v) is 11.6. The zero-order valence-electron chi connectivity index (χ0n) is 10.0. The van der Waals surface area contributed by atoms with Crippen molar-refractivity contribution >= 4 is 26.9 Å². The van der Waals surface area contributed by atoms with Gasteiger partial charge in [0.05, 0.1) is 17.8 Å². The van der Waals surface area contributed by atoms with Crippen LogP contribution in [0.4, 0.5) is 0 Å². The van der Waals surface area contributed by atoms with Crippen LogP contribution in [0.15, 0.2) is 27.3 Å². The maximum Gasteiger partial charge on any atom is 0.148 e. The number of ether oxygens (including phenoxy) is 1. The predicted octanol–water partition coefficient (Wildman–Crippen LogP) is 3.70. The van der Waals surface area contributed by atoms with Crippen LogP contribution in [0.1, 0.15) is 18.9 Å². The molecule has 17 heavy (non-hydrogen) atoms. The highest BCUT2D eigenvalue weighted by molar-refractivity contribution is 9.10. The molecule has 0 aliphatic rings. The Kier molecular flexibility index (Phi) is 4.07. The molecule has 0 bridgehead atoms. The average Bonchev–Trinajstić information content (AvgIpc) is 2.73. The van der Waals surface area contributed by atoms with Gasteiger partial charge in [0.2, 0.25) is 0 Å². The molecule has 1 aromatic heterocycles. The fourth-order valence-corrected chi connectivity index (χ4v) is 2.31. The molecule has 0 atom stereocenters. The van der Waals surface area contributed by atoms with Gasteiger partial charge in [-0.25, -0.2) is 0 Å². The van der Waals surface area contributed by atoms with Gasteiger partial charge >= 0.3 is 0 Å². The number of methoxy groups -OCH3 is 1. The highest BCUT2D eigenvalue weighted by Gasteiger charge is 2.10. The Hall–Kier alpha value is -1.00. The molecular weight excluding hydrogens is 282 g/mol. The smallest absolute Gasteiger partial charge is 0.148 e. The summed E-state index contributed by atoms with van der Waals surface area (Å²) in [7, 11) is 1.67. The monoisotopic (exact) mass is 297 g/mol. The van der Waals surface area contributed by atoms with Crippen LogP contribution >= 0.6 is 15.9 Å². The lowest BCUT2D eigenvalue weighted by molar-refractivity contribution is 0.415. The normalized spacial score (nSPS) is 11.0. The Morgan fingerprint density at radius 1 is 1.41 bits per heavy atom. The van der Waals surface area contributed by atoms with Gasteiger partial charge in [-0.1, -0.05) is 6.92 Å². The first kappa shape index (κ1) is 12.5. The molecule has 2 rings (SSSR count). The van der Waals surface area contributed by atoms with Gasteiger partial charge in [-0.3, -0.25) is 0 Å². The van der Waals surface area contributed by atoms with Crippen molar-refractivity contribution in [2.75, 3.05) is 13.7 Å². The van der Waals surface area contributed by atoms with Gasteiger partial charge in [0.25, 0.3) is 0 Å². The Balaban J connectivity index is 2.33. The third-order valence-corrected chi connectivity index (χ3v) is 3.25. The third-order valence-electron chi connectivity index (χ3n) is 2.66. The first-order valence-electron chi connectivity index (χ1n) is 5.70. The molecule has 1 heterocycles. The number of benzene rings is 1. The molecule has 1 aromatic carbocycles. The first-order chi connectivity index (χ1) is 8.26. The molecule has 2 aromatic rings. The third kappa shape index (κ3) is 2.64. The van der Waals surface area contributed by atoms with Gasteiger partial charge < -0.3 is 14.5 Å². The summed E-state index contributed by atoms with van der Waals surface area (Å²) in [5.41, 5.74) is 2.03. The van der Waals surface area contributed by atoms with Crippen molar-refractivity contribution in [2.45, 2.75) is 19.9 Å². The number of hydrogen-bond acceptors (Lipinski definition) is 3. The van der Waals surface area contributed by atoms with Gasteiger partial charge in [-0.15, -0.1) is 0 Å². The molecule has 1 N–H and O–H groups in total. The maximum absolute atomic E-state index is 5.57. The first-order valence-corrected chi connectivity index (χ1v) is 6.50. The predicted molar refractivity (Wildman–Crippen MR) is 72.5 cm³/mol. The topological polar surface area (TPSA) is 34.4 Å². The lowest BCUT2D eigenvalue weighted by Gasteiger charge is -2.03. The van der Waals surface area contributed by atoms with Crippen LogP contribution < -0.4 is 10.1 Å². The number of furan rings is 1. The summed E-state index contributed by atoms with van der Waals surface area (Å²) in [6.07, 6.45) is 2.93. The molecule has 0 saturated heterocycles. The van der Waals surface area contributed by atoms with E-state index in [2.05, 4.69) is 28.2 Å². The standard InChI is InChI=1S/C13H16BrNO2/c1-3-4-15-7-9-8-17-13-11(9)5-10(16-2)6-12(13)14/h5-6,8,15H,3-4,7H2,1-2H3.